The first-order chi connectivity index (χ1) is 39.2. The largest absolute Gasteiger partial charge is 0.455 e. The quantitative estimate of drug-likeness (QED) is 0.130. The number of aromatic nitrogens is 2. The Balaban J connectivity index is 0.962. The van der Waals surface area contributed by atoms with Crippen molar-refractivity contribution in [1.29, 1.82) is 0 Å². The van der Waals surface area contributed by atoms with E-state index in [4.69, 9.17) is 14.4 Å². The molecule has 0 fully saturated rings. The van der Waals surface area contributed by atoms with Crippen molar-refractivity contribution >= 4 is 21.9 Å². The van der Waals surface area contributed by atoms with Crippen molar-refractivity contribution < 1.29 is 4.42 Å². The average molecular weight is 1010 g/mol. The molecule has 370 valence electrons. The fourth-order valence-corrected chi connectivity index (χ4v) is 11.4. The first-order valence-corrected chi connectivity index (χ1v) is 26.9. The monoisotopic (exact) mass is 1010 g/mol. The van der Waals surface area contributed by atoms with Crippen LogP contribution in [0.25, 0.3) is 145 Å². The lowest BCUT2D eigenvalue weighted by Crippen LogP contribution is -1.98. The molecule has 0 radical (unpaired) electrons. The van der Waals surface area contributed by atoms with Gasteiger partial charge in [-0.05, 0) is 132 Å². The van der Waals surface area contributed by atoms with Crippen LogP contribution < -0.4 is 0 Å². The first kappa shape index (κ1) is 47.0. The van der Waals surface area contributed by atoms with Crippen molar-refractivity contribution in [2.24, 2.45) is 0 Å². The highest BCUT2D eigenvalue weighted by molar-refractivity contribution is 6.16. The zero-order valence-electron chi connectivity index (χ0n) is 43.2. The molecule has 3 nitrogen and oxygen atoms in total. The van der Waals surface area contributed by atoms with Gasteiger partial charge in [0.25, 0.3) is 0 Å². The molecule has 0 atom stereocenters. The highest BCUT2D eigenvalue weighted by Crippen LogP contribution is 2.51. The molecule has 0 aliphatic carbocycles. The predicted molar refractivity (Wildman–Crippen MR) is 329 cm³/mol. The lowest BCUT2D eigenvalue weighted by atomic mass is 9.78. The summed E-state index contributed by atoms with van der Waals surface area (Å²) in [5.74, 6) is 0.633. The summed E-state index contributed by atoms with van der Waals surface area (Å²) >= 11 is 0. The molecule has 14 aromatic rings. The molecule has 0 bridgehead atoms. The van der Waals surface area contributed by atoms with Gasteiger partial charge in [0.15, 0.2) is 5.82 Å². The van der Waals surface area contributed by atoms with E-state index in [1.54, 1.807) is 0 Å². The summed E-state index contributed by atoms with van der Waals surface area (Å²) in [5, 5.41) is 2.02. The zero-order chi connectivity index (χ0) is 52.5. The molecule has 2 aromatic heterocycles. The molecule has 14 rings (SSSR count). The Bertz CT molecular complexity index is 4460. The van der Waals surface area contributed by atoms with Crippen molar-refractivity contribution in [3.8, 4) is 123 Å². The van der Waals surface area contributed by atoms with E-state index in [9.17, 15) is 0 Å². The summed E-state index contributed by atoms with van der Waals surface area (Å²) < 4.78 is 6.71. The summed E-state index contributed by atoms with van der Waals surface area (Å²) in [4.78, 5) is 10.8. The standard InChI is InChI=1S/C76H50N2O/c1-8-24-51(25-9-1)60-46-61(48-62(47-60)67-49-66(54-28-12-3-13-29-54)71(57-32-16-5-17-33-57)73(59-36-20-7-21-37-59)72(67)58-34-18-6-19-35-58)52-40-42-56(43-41-52)69-50-68(55-30-14-4-15-31-55)77-76(78-69)65-45-44-63(53-26-10-2-11-27-53)75-74(65)64-38-22-23-39-70(64)79-75/h1-50H. The molecule has 0 aliphatic rings. The van der Waals surface area contributed by atoms with Gasteiger partial charge in [0.05, 0.1) is 11.4 Å². The van der Waals surface area contributed by atoms with Crippen LogP contribution in [0, 0.1) is 0 Å². The minimum absolute atomic E-state index is 0.633. The summed E-state index contributed by atoms with van der Waals surface area (Å²) in [6.45, 7) is 0. The van der Waals surface area contributed by atoms with E-state index in [0.29, 0.717) is 5.82 Å². The number of benzene rings is 12. The van der Waals surface area contributed by atoms with Crippen LogP contribution in [0.5, 0.6) is 0 Å². The van der Waals surface area contributed by atoms with Gasteiger partial charge in [-0.25, -0.2) is 9.97 Å². The van der Waals surface area contributed by atoms with Crippen LogP contribution in [0.4, 0.5) is 0 Å². The van der Waals surface area contributed by atoms with Gasteiger partial charge in [-0.1, -0.05) is 255 Å². The third kappa shape index (κ3) is 8.99. The van der Waals surface area contributed by atoms with Crippen molar-refractivity contribution in [2.75, 3.05) is 0 Å². The maximum Gasteiger partial charge on any atom is 0.161 e. The normalized spacial score (nSPS) is 11.3. The van der Waals surface area contributed by atoms with E-state index >= 15 is 0 Å². The van der Waals surface area contributed by atoms with E-state index < -0.39 is 0 Å². The van der Waals surface area contributed by atoms with Gasteiger partial charge in [-0.15, -0.1) is 0 Å². The lowest BCUT2D eigenvalue weighted by molar-refractivity contribution is 0.670. The van der Waals surface area contributed by atoms with Crippen LogP contribution in [-0.2, 0) is 0 Å². The SMILES string of the molecule is c1ccc(-c2cc(-c3ccc(-c4cc(-c5ccccc5)nc(-c5ccc(-c6ccccc6)c6oc7ccccc7c56)n4)cc3)cc(-c3cc(-c4ccccc4)c(-c4ccccc4)c(-c4ccccc4)c3-c3ccccc3)c2)cc1. The second-order valence-corrected chi connectivity index (χ2v) is 20.0. The Morgan fingerprint density at radius 2 is 0.595 bits per heavy atom. The fourth-order valence-electron chi connectivity index (χ4n) is 11.4. The van der Waals surface area contributed by atoms with E-state index in [2.05, 4.69) is 279 Å². The summed E-state index contributed by atoms with van der Waals surface area (Å²) in [5.41, 5.74) is 24.5. The van der Waals surface area contributed by atoms with E-state index in [-0.39, 0.29) is 0 Å². The number of hydrogen-bond donors (Lipinski definition) is 0. The summed E-state index contributed by atoms with van der Waals surface area (Å²) in [6, 6.07) is 108. The molecule has 2 heterocycles. The van der Waals surface area contributed by atoms with Crippen LogP contribution >= 0.6 is 0 Å². The Labute approximate surface area is 460 Å². The Kier molecular flexibility index (Phi) is 12.2. The highest BCUT2D eigenvalue weighted by Gasteiger charge is 2.25. The third-order valence-electron chi connectivity index (χ3n) is 15.1. The van der Waals surface area contributed by atoms with Gasteiger partial charge >= 0.3 is 0 Å². The number of furan rings is 1. The minimum Gasteiger partial charge on any atom is -0.455 e. The van der Waals surface area contributed by atoms with Gasteiger partial charge in [-0.3, -0.25) is 0 Å². The van der Waals surface area contributed by atoms with Crippen molar-refractivity contribution in [3.05, 3.63) is 303 Å². The van der Waals surface area contributed by atoms with E-state index in [1.807, 2.05) is 24.3 Å². The van der Waals surface area contributed by atoms with Gasteiger partial charge in [0, 0.05) is 33.0 Å². The molecule has 0 saturated heterocycles. The number of fused-ring (bicyclic) bond motifs is 3. The topological polar surface area (TPSA) is 38.9 Å². The molecule has 0 spiro atoms. The van der Waals surface area contributed by atoms with Crippen LogP contribution in [0.3, 0.4) is 0 Å². The molecule has 12 aromatic carbocycles. The molecule has 3 heteroatoms. The first-order valence-electron chi connectivity index (χ1n) is 26.9. The van der Waals surface area contributed by atoms with Crippen molar-refractivity contribution in [3.63, 3.8) is 0 Å². The summed E-state index contributed by atoms with van der Waals surface area (Å²) in [6.07, 6.45) is 0. The van der Waals surface area contributed by atoms with Crippen LogP contribution in [0.15, 0.2) is 308 Å². The maximum absolute atomic E-state index is 6.71. The second-order valence-electron chi connectivity index (χ2n) is 20.0. The molecule has 0 unspecified atom stereocenters. The predicted octanol–water partition coefficient (Wildman–Crippen LogP) is 20.7. The molecule has 0 aliphatic heterocycles. The van der Waals surface area contributed by atoms with Crippen molar-refractivity contribution in [2.45, 2.75) is 0 Å². The van der Waals surface area contributed by atoms with Crippen LogP contribution in [0.1, 0.15) is 0 Å². The molecular weight excluding hydrogens is 957 g/mol. The van der Waals surface area contributed by atoms with Crippen LogP contribution in [-0.4, -0.2) is 9.97 Å². The molecule has 0 N–H and O–H groups in total. The highest BCUT2D eigenvalue weighted by atomic mass is 16.3. The maximum atomic E-state index is 6.71. The number of hydrogen-bond acceptors (Lipinski definition) is 3. The lowest BCUT2D eigenvalue weighted by Gasteiger charge is -2.25. The Morgan fingerprint density at radius 1 is 0.228 bits per heavy atom. The smallest absolute Gasteiger partial charge is 0.161 e. The second kappa shape index (κ2) is 20.6. The van der Waals surface area contributed by atoms with E-state index in [0.717, 1.165) is 111 Å². The number of nitrogens with zero attached hydrogens (tertiary/aromatic N) is 2. The Hall–Kier alpha value is -10.5. The molecule has 79 heavy (non-hydrogen) atoms. The third-order valence-corrected chi connectivity index (χ3v) is 15.1. The fraction of sp³-hybridized carbons (Fsp3) is 0. The molecule has 0 saturated carbocycles. The Morgan fingerprint density at radius 3 is 1.13 bits per heavy atom. The van der Waals surface area contributed by atoms with Gasteiger partial charge < -0.3 is 4.42 Å². The minimum atomic E-state index is 0.633. The molecule has 0 amide bonds. The molecular formula is C76H50N2O. The summed E-state index contributed by atoms with van der Waals surface area (Å²) in [7, 11) is 0. The van der Waals surface area contributed by atoms with Gasteiger partial charge in [0.1, 0.15) is 11.2 Å². The average Bonchev–Trinajstić information content (AvgIpc) is 4.07. The number of rotatable bonds is 11. The van der Waals surface area contributed by atoms with Gasteiger partial charge in [-0.2, -0.15) is 0 Å². The van der Waals surface area contributed by atoms with Crippen molar-refractivity contribution in [1.82, 2.24) is 9.97 Å². The number of para-hydroxylation sites is 1. The van der Waals surface area contributed by atoms with E-state index in [1.165, 1.54) is 27.8 Å². The van der Waals surface area contributed by atoms with Crippen LogP contribution in [0.2, 0.25) is 0 Å². The van der Waals surface area contributed by atoms with Gasteiger partial charge in [0.2, 0.25) is 0 Å². The zero-order valence-corrected chi connectivity index (χ0v) is 43.2.